The Morgan fingerprint density at radius 2 is 1.35 bits per heavy atom. The fourth-order valence-electron chi connectivity index (χ4n) is 4.49. The van der Waals surface area contributed by atoms with Crippen molar-refractivity contribution in [2.75, 3.05) is 13.2 Å². The van der Waals surface area contributed by atoms with Crippen LogP contribution in [0.3, 0.4) is 0 Å². The number of esters is 1. The molecule has 3 aliphatic rings. The summed E-state index contributed by atoms with van der Waals surface area (Å²) in [7, 11) is 0. The summed E-state index contributed by atoms with van der Waals surface area (Å²) < 4.78 is 28.2. The second-order valence-electron chi connectivity index (χ2n) is 9.46. The van der Waals surface area contributed by atoms with E-state index >= 15 is 0 Å². The predicted octanol–water partition coefficient (Wildman–Crippen LogP) is 5.31. The minimum atomic E-state index is -0.250. The number of epoxide rings is 2. The zero-order chi connectivity index (χ0) is 21.9. The van der Waals surface area contributed by atoms with E-state index in [4.69, 9.17) is 23.7 Å². The van der Waals surface area contributed by atoms with Gasteiger partial charge in [0.2, 0.25) is 0 Å². The topological polar surface area (TPSA) is 69.8 Å². The number of carbonyl (C=O) groups is 1. The molecule has 4 atom stereocenters. The molecule has 0 spiro atoms. The van der Waals surface area contributed by atoms with Crippen molar-refractivity contribution >= 4 is 5.97 Å². The van der Waals surface area contributed by atoms with Gasteiger partial charge in [0.05, 0.1) is 37.6 Å². The fraction of sp³-hybridized carbons (Fsp3) is 0.960. The average molecular weight is 441 g/mol. The first kappa shape index (κ1) is 24.9. The maximum absolute atomic E-state index is 12.0. The van der Waals surface area contributed by atoms with Crippen LogP contribution in [0, 0.1) is 0 Å². The van der Waals surface area contributed by atoms with Crippen LogP contribution in [0.5, 0.6) is 0 Å². The van der Waals surface area contributed by atoms with Crippen LogP contribution in [0.25, 0.3) is 0 Å². The molecule has 3 rings (SSSR count). The van der Waals surface area contributed by atoms with Crippen molar-refractivity contribution in [1.82, 2.24) is 0 Å². The summed E-state index contributed by atoms with van der Waals surface area (Å²) in [5.41, 5.74) is 0. The maximum Gasteiger partial charge on any atom is 0.306 e. The highest BCUT2D eigenvalue weighted by Gasteiger charge is 2.47. The quantitative estimate of drug-likeness (QED) is 0.173. The van der Waals surface area contributed by atoms with E-state index in [-0.39, 0.29) is 18.4 Å². The summed E-state index contributed by atoms with van der Waals surface area (Å²) >= 11 is 0. The number of carbonyl (C=O) groups excluding carboxylic acids is 1. The Kier molecular flexibility index (Phi) is 11.1. The summed E-state index contributed by atoms with van der Waals surface area (Å²) in [6, 6.07) is 0. The fourth-order valence-corrected chi connectivity index (χ4v) is 4.49. The van der Waals surface area contributed by atoms with Gasteiger partial charge in [0.1, 0.15) is 6.10 Å². The third-order valence-corrected chi connectivity index (χ3v) is 6.56. The van der Waals surface area contributed by atoms with Crippen LogP contribution in [-0.4, -0.2) is 56.0 Å². The summed E-state index contributed by atoms with van der Waals surface area (Å²) in [6.07, 6.45) is 16.9. The van der Waals surface area contributed by atoms with E-state index in [1.54, 1.807) is 0 Å². The molecule has 0 radical (unpaired) electrons. The standard InChI is InChI=1S/C25H44O6/c1-3-5-9-13-20-22(30-20)16-23-21(31-23)14-10-7-6-8-11-15-24(26)29-19-17-27-25(12-4-2)28-18-19/h19-23,25H,3-18H2,1-2H3. The van der Waals surface area contributed by atoms with Crippen LogP contribution < -0.4 is 0 Å². The van der Waals surface area contributed by atoms with Crippen LogP contribution in [0.1, 0.15) is 104 Å². The molecule has 0 aromatic carbocycles. The number of rotatable bonds is 17. The van der Waals surface area contributed by atoms with Gasteiger partial charge in [-0.25, -0.2) is 0 Å². The lowest BCUT2D eigenvalue weighted by atomic mass is 10.0. The Morgan fingerprint density at radius 1 is 0.742 bits per heavy atom. The zero-order valence-electron chi connectivity index (χ0n) is 19.7. The summed E-state index contributed by atoms with van der Waals surface area (Å²) in [6.45, 7) is 5.25. The number of unbranched alkanes of at least 4 members (excludes halogenated alkanes) is 6. The predicted molar refractivity (Wildman–Crippen MR) is 119 cm³/mol. The third-order valence-electron chi connectivity index (χ3n) is 6.56. The Morgan fingerprint density at radius 3 is 2.00 bits per heavy atom. The Labute approximate surface area is 188 Å². The Hall–Kier alpha value is -0.690. The van der Waals surface area contributed by atoms with Crippen LogP contribution in [0.4, 0.5) is 0 Å². The molecule has 6 nitrogen and oxygen atoms in total. The van der Waals surface area contributed by atoms with Gasteiger partial charge in [-0.3, -0.25) is 4.79 Å². The van der Waals surface area contributed by atoms with E-state index < -0.39 is 0 Å². The Balaban J connectivity index is 1.08. The molecular formula is C25H44O6. The van der Waals surface area contributed by atoms with Crippen molar-refractivity contribution in [3.63, 3.8) is 0 Å². The highest BCUT2D eigenvalue weighted by Crippen LogP contribution is 2.39. The lowest BCUT2D eigenvalue weighted by Crippen LogP contribution is -2.38. The van der Waals surface area contributed by atoms with Gasteiger partial charge in [-0.1, -0.05) is 65.2 Å². The first-order valence-corrected chi connectivity index (χ1v) is 12.9. The molecule has 0 aromatic rings. The molecule has 0 N–H and O–H groups in total. The molecule has 0 saturated carbocycles. The summed E-state index contributed by atoms with van der Waals surface area (Å²) in [5.74, 6) is -0.129. The molecule has 3 saturated heterocycles. The second kappa shape index (κ2) is 13.8. The minimum absolute atomic E-state index is 0.129. The van der Waals surface area contributed by atoms with Gasteiger partial charge >= 0.3 is 5.97 Å². The minimum Gasteiger partial charge on any atom is -0.457 e. The van der Waals surface area contributed by atoms with Gasteiger partial charge in [0.25, 0.3) is 0 Å². The molecule has 3 aliphatic heterocycles. The van der Waals surface area contributed by atoms with Crippen molar-refractivity contribution in [3.05, 3.63) is 0 Å². The number of hydrogen-bond acceptors (Lipinski definition) is 6. The maximum atomic E-state index is 12.0. The third kappa shape index (κ3) is 9.77. The summed E-state index contributed by atoms with van der Waals surface area (Å²) in [4.78, 5) is 12.0. The highest BCUT2D eigenvalue weighted by atomic mass is 16.7. The van der Waals surface area contributed by atoms with Crippen LogP contribution in [0.2, 0.25) is 0 Å². The second-order valence-corrected chi connectivity index (χ2v) is 9.46. The number of hydrogen-bond donors (Lipinski definition) is 0. The molecule has 6 heteroatoms. The highest BCUT2D eigenvalue weighted by molar-refractivity contribution is 5.69. The molecule has 0 aliphatic carbocycles. The first-order valence-electron chi connectivity index (χ1n) is 12.9. The molecule has 0 aromatic heterocycles. The van der Waals surface area contributed by atoms with Crippen LogP contribution >= 0.6 is 0 Å². The van der Waals surface area contributed by atoms with Crippen LogP contribution in [0.15, 0.2) is 0 Å². The molecule has 3 heterocycles. The van der Waals surface area contributed by atoms with Crippen molar-refractivity contribution in [1.29, 1.82) is 0 Å². The molecule has 0 bridgehead atoms. The molecule has 3 fully saturated rings. The van der Waals surface area contributed by atoms with Crippen LogP contribution in [-0.2, 0) is 28.5 Å². The van der Waals surface area contributed by atoms with E-state index in [9.17, 15) is 4.79 Å². The molecule has 4 unspecified atom stereocenters. The summed E-state index contributed by atoms with van der Waals surface area (Å²) in [5, 5.41) is 0. The SMILES string of the molecule is CCCCCC1OC1CC1OC1CCCCCCCC(=O)OC1COC(CCC)OC1. The largest absolute Gasteiger partial charge is 0.457 e. The normalized spacial score (nSPS) is 32.1. The lowest BCUT2D eigenvalue weighted by Gasteiger charge is -2.28. The lowest BCUT2D eigenvalue weighted by molar-refractivity contribution is -0.227. The average Bonchev–Trinajstić information content (AvgIpc) is 3.68. The van der Waals surface area contributed by atoms with Gasteiger partial charge in [0.15, 0.2) is 6.29 Å². The van der Waals surface area contributed by atoms with Gasteiger partial charge in [0, 0.05) is 12.8 Å². The van der Waals surface area contributed by atoms with Gasteiger partial charge in [-0.05, 0) is 25.7 Å². The Bertz CT molecular complexity index is 504. The molecular weight excluding hydrogens is 396 g/mol. The van der Waals surface area contributed by atoms with E-state index in [0.717, 1.165) is 32.1 Å². The van der Waals surface area contributed by atoms with Gasteiger partial charge in [-0.2, -0.15) is 0 Å². The molecule has 180 valence electrons. The van der Waals surface area contributed by atoms with Crippen molar-refractivity contribution in [3.8, 4) is 0 Å². The van der Waals surface area contributed by atoms with E-state index in [1.807, 2.05) is 0 Å². The smallest absolute Gasteiger partial charge is 0.306 e. The van der Waals surface area contributed by atoms with E-state index in [2.05, 4.69) is 13.8 Å². The van der Waals surface area contributed by atoms with Crippen molar-refractivity contribution in [2.45, 2.75) is 141 Å². The molecule has 31 heavy (non-hydrogen) atoms. The first-order chi connectivity index (χ1) is 15.2. The molecule has 0 amide bonds. The monoisotopic (exact) mass is 440 g/mol. The van der Waals surface area contributed by atoms with Crippen molar-refractivity contribution in [2.24, 2.45) is 0 Å². The van der Waals surface area contributed by atoms with E-state index in [1.165, 1.54) is 51.4 Å². The van der Waals surface area contributed by atoms with Gasteiger partial charge in [-0.15, -0.1) is 0 Å². The van der Waals surface area contributed by atoms with Crippen molar-refractivity contribution < 1.29 is 28.5 Å². The van der Waals surface area contributed by atoms with Gasteiger partial charge < -0.3 is 23.7 Å². The zero-order valence-corrected chi connectivity index (χ0v) is 19.7. The number of ether oxygens (including phenoxy) is 5. The van der Waals surface area contributed by atoms with E-state index in [0.29, 0.717) is 44.1 Å².